The van der Waals surface area contributed by atoms with Crippen LogP contribution in [0.3, 0.4) is 0 Å². The van der Waals surface area contributed by atoms with Crippen molar-refractivity contribution in [1.82, 2.24) is 9.97 Å². The van der Waals surface area contributed by atoms with Crippen molar-refractivity contribution in [3.63, 3.8) is 0 Å². The molecule has 0 saturated carbocycles. The maximum absolute atomic E-state index is 10.6. The van der Waals surface area contributed by atoms with Gasteiger partial charge in [-0.2, -0.15) is 0 Å². The van der Waals surface area contributed by atoms with E-state index >= 15 is 0 Å². The molecule has 82 valence electrons. The second-order valence-electron chi connectivity index (χ2n) is 3.47. The molecule has 0 radical (unpaired) electrons. The van der Waals surface area contributed by atoms with Gasteiger partial charge in [-0.15, -0.1) is 0 Å². The predicted octanol–water partition coefficient (Wildman–Crippen LogP) is 1.27. The summed E-state index contributed by atoms with van der Waals surface area (Å²) in [6.07, 6.45) is -0.216. The Balaban J connectivity index is 2.64. The Kier molecular flexibility index (Phi) is 2.44. The van der Waals surface area contributed by atoms with E-state index in [2.05, 4.69) is 9.97 Å². The second-order valence-corrected chi connectivity index (χ2v) is 3.47. The number of benzene rings is 1. The molecule has 0 saturated heterocycles. The van der Waals surface area contributed by atoms with E-state index in [0.29, 0.717) is 16.6 Å². The molecule has 0 aliphatic heterocycles. The van der Waals surface area contributed by atoms with Crippen molar-refractivity contribution in [2.24, 2.45) is 0 Å². The smallest absolute Gasteiger partial charge is 0.311 e. The number of rotatable bonds is 2. The van der Waals surface area contributed by atoms with E-state index in [-0.39, 0.29) is 18.0 Å². The highest BCUT2D eigenvalue weighted by atomic mass is 16.4. The number of carboxylic acids is 1. The van der Waals surface area contributed by atoms with Crippen LogP contribution in [0.4, 0.5) is 0 Å². The largest absolute Gasteiger partial charge is 0.507 e. The normalized spacial score (nSPS) is 10.6. The Labute approximate surface area is 91.4 Å². The Bertz CT molecular complexity index is 566. The molecule has 0 aliphatic carbocycles. The summed E-state index contributed by atoms with van der Waals surface area (Å²) in [7, 11) is 0. The molecule has 0 atom stereocenters. The summed E-state index contributed by atoms with van der Waals surface area (Å²) in [4.78, 5) is 18.7. The van der Waals surface area contributed by atoms with Crippen molar-refractivity contribution in [2.75, 3.05) is 0 Å². The van der Waals surface area contributed by atoms with Gasteiger partial charge >= 0.3 is 5.97 Å². The summed E-state index contributed by atoms with van der Waals surface area (Å²) in [6.45, 7) is 1.72. The van der Waals surface area contributed by atoms with Crippen LogP contribution in [0.1, 0.15) is 11.5 Å². The lowest BCUT2D eigenvalue weighted by Crippen LogP contribution is -2.06. The van der Waals surface area contributed by atoms with Gasteiger partial charge in [0.05, 0.1) is 16.6 Å². The van der Waals surface area contributed by atoms with Crippen molar-refractivity contribution in [2.45, 2.75) is 13.3 Å². The molecule has 5 heteroatoms. The Morgan fingerprint density at radius 3 is 2.81 bits per heavy atom. The standard InChI is InChI=1S/C11H10N2O3/c1-6-11-7(3-2-4-8(11)14)13-9(12-6)5-10(15)16/h2-4,14H,5H2,1H3,(H,15,16). The van der Waals surface area contributed by atoms with E-state index in [1.54, 1.807) is 25.1 Å². The number of aliphatic carboxylic acids is 1. The maximum Gasteiger partial charge on any atom is 0.311 e. The van der Waals surface area contributed by atoms with E-state index in [1.807, 2.05) is 0 Å². The van der Waals surface area contributed by atoms with Crippen LogP contribution in [0.5, 0.6) is 5.75 Å². The molecule has 1 aromatic heterocycles. The molecule has 2 aromatic rings. The van der Waals surface area contributed by atoms with E-state index < -0.39 is 5.97 Å². The molecule has 0 aliphatic rings. The number of aromatic nitrogens is 2. The molecular formula is C11H10N2O3. The van der Waals surface area contributed by atoms with Gasteiger partial charge in [-0.3, -0.25) is 4.79 Å². The molecule has 1 heterocycles. The molecule has 1 aromatic carbocycles. The lowest BCUT2D eigenvalue weighted by Gasteiger charge is -2.05. The molecule has 16 heavy (non-hydrogen) atoms. The Morgan fingerprint density at radius 2 is 2.12 bits per heavy atom. The molecule has 0 unspecified atom stereocenters. The number of hydrogen-bond donors (Lipinski definition) is 2. The van der Waals surface area contributed by atoms with Gasteiger partial charge in [0.1, 0.15) is 18.0 Å². The first-order valence-corrected chi connectivity index (χ1v) is 4.75. The predicted molar refractivity (Wildman–Crippen MR) is 57.3 cm³/mol. The van der Waals surface area contributed by atoms with E-state index in [4.69, 9.17) is 5.11 Å². The number of nitrogens with zero attached hydrogens (tertiary/aromatic N) is 2. The highest BCUT2D eigenvalue weighted by Crippen LogP contribution is 2.25. The average molecular weight is 218 g/mol. The zero-order chi connectivity index (χ0) is 11.7. The minimum atomic E-state index is -0.973. The van der Waals surface area contributed by atoms with Gasteiger partial charge in [-0.1, -0.05) is 6.07 Å². The van der Waals surface area contributed by atoms with Crippen molar-refractivity contribution in [1.29, 1.82) is 0 Å². The van der Waals surface area contributed by atoms with Crippen LogP contribution < -0.4 is 0 Å². The van der Waals surface area contributed by atoms with Crippen LogP contribution in [-0.4, -0.2) is 26.2 Å². The summed E-state index contributed by atoms with van der Waals surface area (Å²) >= 11 is 0. The number of hydrogen-bond acceptors (Lipinski definition) is 4. The summed E-state index contributed by atoms with van der Waals surface area (Å²) in [5.41, 5.74) is 1.14. The summed E-state index contributed by atoms with van der Waals surface area (Å²) in [5, 5.41) is 18.8. The van der Waals surface area contributed by atoms with Gasteiger partial charge in [-0.25, -0.2) is 9.97 Å². The van der Waals surface area contributed by atoms with Crippen molar-refractivity contribution in [3.8, 4) is 5.75 Å². The van der Waals surface area contributed by atoms with Gasteiger partial charge in [0, 0.05) is 0 Å². The molecule has 0 amide bonds. The number of aryl methyl sites for hydroxylation is 1. The lowest BCUT2D eigenvalue weighted by molar-refractivity contribution is -0.136. The van der Waals surface area contributed by atoms with Crippen LogP contribution in [0.2, 0.25) is 0 Å². The SMILES string of the molecule is Cc1nc(CC(=O)O)nc2cccc(O)c12. The number of carbonyl (C=O) groups is 1. The van der Waals surface area contributed by atoms with Gasteiger partial charge < -0.3 is 10.2 Å². The quantitative estimate of drug-likeness (QED) is 0.793. The van der Waals surface area contributed by atoms with Crippen LogP contribution in [0.15, 0.2) is 18.2 Å². The Hall–Kier alpha value is -2.17. The molecule has 2 rings (SSSR count). The molecule has 2 N–H and O–H groups in total. The number of phenolic OH excluding ortho intramolecular Hbond substituents is 1. The Morgan fingerprint density at radius 1 is 1.38 bits per heavy atom. The topological polar surface area (TPSA) is 83.3 Å². The maximum atomic E-state index is 10.6. The molecule has 5 nitrogen and oxygen atoms in total. The summed E-state index contributed by atoms with van der Waals surface area (Å²) in [5.74, 6) is -0.612. The zero-order valence-electron chi connectivity index (χ0n) is 8.64. The van der Waals surface area contributed by atoms with Gasteiger partial charge in [-0.05, 0) is 19.1 Å². The number of carboxylic acid groups (broad SMARTS) is 1. The lowest BCUT2D eigenvalue weighted by atomic mass is 10.1. The van der Waals surface area contributed by atoms with Gasteiger partial charge in [0.25, 0.3) is 0 Å². The minimum absolute atomic E-state index is 0.108. The first kappa shape index (κ1) is 10.4. The van der Waals surface area contributed by atoms with E-state index in [1.165, 1.54) is 0 Å². The highest BCUT2D eigenvalue weighted by molar-refractivity contribution is 5.87. The number of phenols is 1. The minimum Gasteiger partial charge on any atom is -0.507 e. The zero-order valence-corrected chi connectivity index (χ0v) is 8.64. The third kappa shape index (κ3) is 1.79. The molecule has 0 fully saturated rings. The average Bonchev–Trinajstić information content (AvgIpc) is 2.15. The number of fused-ring (bicyclic) bond motifs is 1. The van der Waals surface area contributed by atoms with Crippen molar-refractivity contribution in [3.05, 3.63) is 29.7 Å². The van der Waals surface area contributed by atoms with Gasteiger partial charge in [0.15, 0.2) is 0 Å². The van der Waals surface area contributed by atoms with Gasteiger partial charge in [0.2, 0.25) is 0 Å². The second kappa shape index (κ2) is 3.77. The van der Waals surface area contributed by atoms with Crippen LogP contribution in [-0.2, 0) is 11.2 Å². The summed E-state index contributed by atoms with van der Waals surface area (Å²) < 4.78 is 0. The fourth-order valence-corrected chi connectivity index (χ4v) is 1.62. The third-order valence-electron chi connectivity index (χ3n) is 2.24. The number of aromatic hydroxyl groups is 1. The fraction of sp³-hybridized carbons (Fsp3) is 0.182. The monoisotopic (exact) mass is 218 g/mol. The third-order valence-corrected chi connectivity index (χ3v) is 2.24. The van der Waals surface area contributed by atoms with Crippen LogP contribution >= 0.6 is 0 Å². The van der Waals surface area contributed by atoms with Crippen molar-refractivity contribution < 1.29 is 15.0 Å². The van der Waals surface area contributed by atoms with Crippen LogP contribution in [0, 0.1) is 6.92 Å². The molecule has 0 bridgehead atoms. The van der Waals surface area contributed by atoms with E-state index in [9.17, 15) is 9.90 Å². The first-order chi connectivity index (χ1) is 7.58. The molecule has 0 spiro atoms. The highest BCUT2D eigenvalue weighted by Gasteiger charge is 2.10. The van der Waals surface area contributed by atoms with Crippen LogP contribution in [0.25, 0.3) is 10.9 Å². The van der Waals surface area contributed by atoms with E-state index in [0.717, 1.165) is 0 Å². The fourth-order valence-electron chi connectivity index (χ4n) is 1.62. The first-order valence-electron chi connectivity index (χ1n) is 4.75. The van der Waals surface area contributed by atoms with Crippen molar-refractivity contribution >= 4 is 16.9 Å². The summed E-state index contributed by atoms with van der Waals surface area (Å²) in [6, 6.07) is 4.93. The molecular weight excluding hydrogens is 208 g/mol.